The Morgan fingerprint density at radius 1 is 1.15 bits per heavy atom. The maximum absolute atomic E-state index is 13.1. The van der Waals surface area contributed by atoms with E-state index in [1.807, 2.05) is 43.3 Å². The van der Waals surface area contributed by atoms with Crippen LogP contribution in [0, 0.1) is 0 Å². The lowest BCUT2D eigenvalue weighted by molar-refractivity contribution is -0.147. The lowest BCUT2D eigenvalue weighted by Gasteiger charge is -2.15. The maximum atomic E-state index is 13.1. The minimum absolute atomic E-state index is 0.00912. The summed E-state index contributed by atoms with van der Waals surface area (Å²) in [6.45, 7) is 3.55. The lowest BCUT2D eigenvalue weighted by Crippen LogP contribution is -2.27. The largest absolute Gasteiger partial charge is 0.471 e. The predicted molar refractivity (Wildman–Crippen MR) is 99.4 cm³/mol. The molecule has 2 aromatic carbocycles. The fourth-order valence-corrected chi connectivity index (χ4v) is 2.72. The molecule has 0 fully saturated rings. The van der Waals surface area contributed by atoms with Crippen molar-refractivity contribution in [2.24, 2.45) is 0 Å². The van der Waals surface area contributed by atoms with E-state index in [2.05, 4.69) is 0 Å². The van der Waals surface area contributed by atoms with Gasteiger partial charge in [-0.15, -0.1) is 0 Å². The van der Waals surface area contributed by atoms with Gasteiger partial charge in [0.05, 0.1) is 12.5 Å². The van der Waals surface area contributed by atoms with Crippen LogP contribution in [0.4, 0.5) is 0 Å². The molecule has 0 N–H and O–H groups in total. The molecule has 134 valence electrons. The number of hydrogen-bond donors (Lipinski definition) is 0. The van der Waals surface area contributed by atoms with Gasteiger partial charge in [-0.05, 0) is 31.0 Å². The van der Waals surface area contributed by atoms with Gasteiger partial charge in [-0.2, -0.15) is 0 Å². The van der Waals surface area contributed by atoms with E-state index in [-0.39, 0.29) is 11.2 Å². The standard InChI is InChI=1S/C21H20O5/c1-4-14-10-11-17-16(12-14)18(22)20(25-13(2)21(23)24-3)19(26-17)15-8-6-5-7-9-15/h5-13H,4H2,1-3H3/t13-/m1/s1. The molecule has 0 radical (unpaired) electrons. The first kappa shape index (κ1) is 17.7. The summed E-state index contributed by atoms with van der Waals surface area (Å²) in [5.41, 5.74) is 1.88. The monoisotopic (exact) mass is 352 g/mol. The van der Waals surface area contributed by atoms with Crippen molar-refractivity contribution in [3.8, 4) is 17.1 Å². The summed E-state index contributed by atoms with van der Waals surface area (Å²) in [4.78, 5) is 24.9. The van der Waals surface area contributed by atoms with Crippen molar-refractivity contribution < 1.29 is 18.7 Å². The summed E-state index contributed by atoms with van der Waals surface area (Å²) in [5, 5.41) is 0.427. The molecule has 1 heterocycles. The summed E-state index contributed by atoms with van der Waals surface area (Å²) < 4.78 is 16.4. The SMILES string of the molecule is CCc1ccc2oc(-c3ccccc3)c(O[C@H](C)C(=O)OC)c(=O)c2c1. The van der Waals surface area contributed by atoms with Crippen molar-refractivity contribution in [1.82, 2.24) is 0 Å². The van der Waals surface area contributed by atoms with Crippen molar-refractivity contribution >= 4 is 16.9 Å². The highest BCUT2D eigenvalue weighted by Gasteiger charge is 2.23. The Balaban J connectivity index is 2.24. The van der Waals surface area contributed by atoms with Gasteiger partial charge < -0.3 is 13.9 Å². The third-order valence-corrected chi connectivity index (χ3v) is 4.19. The second-order valence-electron chi connectivity index (χ2n) is 5.92. The number of ether oxygens (including phenoxy) is 2. The number of carbonyl (C=O) groups is 1. The molecule has 3 rings (SSSR count). The summed E-state index contributed by atoms with van der Waals surface area (Å²) in [6.07, 6.45) is -0.137. The molecule has 5 nitrogen and oxygen atoms in total. The fourth-order valence-electron chi connectivity index (χ4n) is 2.72. The first-order valence-electron chi connectivity index (χ1n) is 8.44. The Morgan fingerprint density at radius 3 is 2.54 bits per heavy atom. The number of esters is 1. The van der Waals surface area contributed by atoms with E-state index < -0.39 is 12.1 Å². The topological polar surface area (TPSA) is 65.7 Å². The highest BCUT2D eigenvalue weighted by molar-refractivity contribution is 5.83. The maximum Gasteiger partial charge on any atom is 0.346 e. The molecule has 0 unspecified atom stereocenters. The van der Waals surface area contributed by atoms with Crippen LogP contribution in [0.1, 0.15) is 19.4 Å². The first-order chi connectivity index (χ1) is 12.5. The molecule has 1 atom stereocenters. The highest BCUT2D eigenvalue weighted by atomic mass is 16.6. The molecule has 0 spiro atoms. The van der Waals surface area contributed by atoms with Crippen LogP contribution < -0.4 is 10.2 Å². The molecule has 0 aliphatic heterocycles. The van der Waals surface area contributed by atoms with Gasteiger partial charge in [0, 0.05) is 5.56 Å². The second-order valence-corrected chi connectivity index (χ2v) is 5.92. The molecule has 1 aromatic heterocycles. The summed E-state index contributed by atoms with van der Waals surface area (Å²) >= 11 is 0. The van der Waals surface area contributed by atoms with Crippen LogP contribution in [0.25, 0.3) is 22.3 Å². The predicted octanol–water partition coefficient (Wildman–Crippen LogP) is 3.96. The zero-order chi connectivity index (χ0) is 18.7. The number of fused-ring (bicyclic) bond motifs is 1. The van der Waals surface area contributed by atoms with E-state index in [1.54, 1.807) is 12.1 Å². The number of hydrogen-bond acceptors (Lipinski definition) is 5. The molecule has 0 saturated heterocycles. The molecule has 26 heavy (non-hydrogen) atoms. The van der Waals surface area contributed by atoms with Gasteiger partial charge >= 0.3 is 5.97 Å². The van der Waals surface area contributed by atoms with Gasteiger partial charge in [-0.25, -0.2) is 4.79 Å². The van der Waals surface area contributed by atoms with E-state index >= 15 is 0 Å². The van der Waals surface area contributed by atoms with E-state index in [9.17, 15) is 9.59 Å². The summed E-state index contributed by atoms with van der Waals surface area (Å²) in [6, 6.07) is 14.7. The number of rotatable bonds is 5. The molecule has 5 heteroatoms. The average Bonchev–Trinajstić information content (AvgIpc) is 2.69. The number of aryl methyl sites for hydroxylation is 1. The van der Waals surface area contributed by atoms with Gasteiger partial charge in [0.2, 0.25) is 11.2 Å². The lowest BCUT2D eigenvalue weighted by atomic mass is 10.1. The van der Waals surface area contributed by atoms with Crippen LogP contribution in [-0.2, 0) is 16.0 Å². The van der Waals surface area contributed by atoms with Crippen molar-refractivity contribution in [3.05, 3.63) is 64.3 Å². The molecule has 0 aliphatic rings. The Bertz CT molecular complexity index is 988. The zero-order valence-corrected chi connectivity index (χ0v) is 14.9. The molecular weight excluding hydrogens is 332 g/mol. The Hall–Kier alpha value is -3.08. The third kappa shape index (κ3) is 3.33. The van der Waals surface area contributed by atoms with E-state index in [4.69, 9.17) is 13.9 Å². The van der Waals surface area contributed by atoms with E-state index in [1.165, 1.54) is 14.0 Å². The smallest absolute Gasteiger partial charge is 0.346 e. The van der Waals surface area contributed by atoms with Crippen molar-refractivity contribution in [3.63, 3.8) is 0 Å². The van der Waals surface area contributed by atoms with Crippen LogP contribution in [0.2, 0.25) is 0 Å². The van der Waals surface area contributed by atoms with Gasteiger partial charge in [-0.1, -0.05) is 43.3 Å². The van der Waals surface area contributed by atoms with Crippen LogP contribution in [0.5, 0.6) is 5.75 Å². The molecular formula is C21H20O5. The Labute approximate surface area is 151 Å². The van der Waals surface area contributed by atoms with Crippen LogP contribution in [-0.4, -0.2) is 19.2 Å². The van der Waals surface area contributed by atoms with Crippen LogP contribution >= 0.6 is 0 Å². The molecule has 3 aromatic rings. The zero-order valence-electron chi connectivity index (χ0n) is 14.9. The average molecular weight is 352 g/mol. The quantitative estimate of drug-likeness (QED) is 0.650. The molecule has 0 aliphatic carbocycles. The first-order valence-corrected chi connectivity index (χ1v) is 8.44. The van der Waals surface area contributed by atoms with Gasteiger partial charge in [0.1, 0.15) is 5.58 Å². The van der Waals surface area contributed by atoms with Crippen molar-refractivity contribution in [2.45, 2.75) is 26.4 Å². The van der Waals surface area contributed by atoms with Crippen molar-refractivity contribution in [1.29, 1.82) is 0 Å². The van der Waals surface area contributed by atoms with E-state index in [0.717, 1.165) is 12.0 Å². The minimum Gasteiger partial charge on any atom is -0.471 e. The number of carbonyl (C=O) groups excluding carboxylic acids is 1. The Morgan fingerprint density at radius 2 is 1.88 bits per heavy atom. The minimum atomic E-state index is -0.933. The highest BCUT2D eigenvalue weighted by Crippen LogP contribution is 2.31. The molecule has 0 saturated carbocycles. The fraction of sp³-hybridized carbons (Fsp3) is 0.238. The summed E-state index contributed by atoms with van der Waals surface area (Å²) in [5.74, 6) is -0.260. The normalized spacial score (nSPS) is 12.0. The summed E-state index contributed by atoms with van der Waals surface area (Å²) in [7, 11) is 1.27. The number of benzene rings is 2. The molecule has 0 amide bonds. The second kappa shape index (κ2) is 7.44. The number of methoxy groups -OCH3 is 1. The Kier molecular flexibility index (Phi) is 5.07. The van der Waals surface area contributed by atoms with Gasteiger partial charge in [0.25, 0.3) is 0 Å². The third-order valence-electron chi connectivity index (χ3n) is 4.19. The van der Waals surface area contributed by atoms with Gasteiger partial charge in [-0.3, -0.25) is 4.79 Å². The van der Waals surface area contributed by atoms with Gasteiger partial charge in [0.15, 0.2) is 11.9 Å². The van der Waals surface area contributed by atoms with Crippen LogP contribution in [0.3, 0.4) is 0 Å². The van der Waals surface area contributed by atoms with Crippen LogP contribution in [0.15, 0.2) is 57.7 Å². The van der Waals surface area contributed by atoms with Crippen molar-refractivity contribution in [2.75, 3.05) is 7.11 Å². The molecule has 0 bridgehead atoms. The van der Waals surface area contributed by atoms with E-state index in [0.29, 0.717) is 22.3 Å².